The summed E-state index contributed by atoms with van der Waals surface area (Å²) in [7, 11) is 0. The van der Waals surface area contributed by atoms with Gasteiger partial charge in [0.2, 0.25) is 0 Å². The Morgan fingerprint density at radius 1 is 1.41 bits per heavy atom. The first kappa shape index (κ1) is 17.0. The lowest BCUT2D eigenvalue weighted by atomic mass is 10.1. The predicted molar refractivity (Wildman–Crippen MR) is 91.5 cm³/mol. The monoisotopic (exact) mass is 320 g/mol. The van der Waals surface area contributed by atoms with Crippen molar-refractivity contribution in [3.8, 4) is 5.82 Å². The first-order valence-corrected chi connectivity index (χ1v) is 8.88. The van der Waals surface area contributed by atoms with Crippen LogP contribution >= 0.6 is 11.8 Å². The van der Waals surface area contributed by atoms with Crippen molar-refractivity contribution in [2.24, 2.45) is 0 Å². The highest BCUT2D eigenvalue weighted by Crippen LogP contribution is 2.20. The normalized spacial score (nSPS) is 14.0. The summed E-state index contributed by atoms with van der Waals surface area (Å²) < 4.78 is 1.86. The SMILES string of the molecule is CSCC(CCO)NC(C)c1cnn(-c2ccccn2)c1C. The molecule has 2 N–H and O–H groups in total. The molecule has 0 amide bonds. The van der Waals surface area contributed by atoms with Crippen molar-refractivity contribution in [3.05, 3.63) is 41.9 Å². The minimum Gasteiger partial charge on any atom is -0.396 e. The molecule has 2 rings (SSSR count). The van der Waals surface area contributed by atoms with Crippen LogP contribution in [-0.4, -0.2) is 44.5 Å². The van der Waals surface area contributed by atoms with Crippen LogP contribution in [0, 0.1) is 6.92 Å². The van der Waals surface area contributed by atoms with Gasteiger partial charge in [0.25, 0.3) is 0 Å². The van der Waals surface area contributed by atoms with Crippen molar-refractivity contribution in [3.63, 3.8) is 0 Å². The molecule has 0 radical (unpaired) electrons. The molecule has 2 unspecified atom stereocenters. The van der Waals surface area contributed by atoms with Gasteiger partial charge >= 0.3 is 0 Å². The summed E-state index contributed by atoms with van der Waals surface area (Å²) >= 11 is 1.79. The Balaban J connectivity index is 2.14. The molecule has 0 saturated heterocycles. The van der Waals surface area contributed by atoms with E-state index in [0.29, 0.717) is 6.04 Å². The number of rotatable bonds is 8. The van der Waals surface area contributed by atoms with E-state index >= 15 is 0 Å². The van der Waals surface area contributed by atoms with Gasteiger partial charge in [-0.1, -0.05) is 6.07 Å². The molecule has 120 valence electrons. The molecule has 2 aromatic rings. The van der Waals surface area contributed by atoms with Crippen LogP contribution in [0.1, 0.15) is 30.6 Å². The van der Waals surface area contributed by atoms with Gasteiger partial charge in [-0.3, -0.25) is 0 Å². The minimum absolute atomic E-state index is 0.182. The summed E-state index contributed by atoms with van der Waals surface area (Å²) in [5.74, 6) is 1.81. The van der Waals surface area contributed by atoms with E-state index in [9.17, 15) is 5.11 Å². The molecule has 0 bridgehead atoms. The fourth-order valence-corrected chi connectivity index (χ4v) is 3.24. The van der Waals surface area contributed by atoms with Crippen LogP contribution in [0.2, 0.25) is 0 Å². The number of hydrogen-bond donors (Lipinski definition) is 2. The Hall–Kier alpha value is -1.37. The van der Waals surface area contributed by atoms with Crippen molar-refractivity contribution in [2.75, 3.05) is 18.6 Å². The maximum Gasteiger partial charge on any atom is 0.153 e. The number of nitrogens with one attached hydrogen (secondary N) is 1. The average Bonchev–Trinajstić information content (AvgIpc) is 2.90. The van der Waals surface area contributed by atoms with Crippen LogP contribution in [-0.2, 0) is 0 Å². The zero-order valence-corrected chi connectivity index (χ0v) is 14.2. The molecule has 0 spiro atoms. The Labute approximate surface area is 136 Å². The van der Waals surface area contributed by atoms with Gasteiger partial charge in [-0.2, -0.15) is 16.9 Å². The number of nitrogens with zero attached hydrogens (tertiary/aromatic N) is 3. The van der Waals surface area contributed by atoms with E-state index in [0.717, 1.165) is 29.2 Å². The number of pyridine rings is 1. The first-order chi connectivity index (χ1) is 10.7. The van der Waals surface area contributed by atoms with E-state index < -0.39 is 0 Å². The van der Waals surface area contributed by atoms with Crippen LogP contribution in [0.4, 0.5) is 0 Å². The molecule has 5 nitrogen and oxygen atoms in total. The lowest BCUT2D eigenvalue weighted by Crippen LogP contribution is -2.34. The summed E-state index contributed by atoms with van der Waals surface area (Å²) in [6.07, 6.45) is 6.52. The number of hydrogen-bond acceptors (Lipinski definition) is 5. The Morgan fingerprint density at radius 3 is 2.86 bits per heavy atom. The molecule has 2 aromatic heterocycles. The van der Waals surface area contributed by atoms with Crippen molar-refractivity contribution in [1.82, 2.24) is 20.1 Å². The molecule has 0 aromatic carbocycles. The molecule has 0 aliphatic rings. The fourth-order valence-electron chi connectivity index (χ4n) is 2.57. The standard InChI is InChI=1S/C16H24N4OS/c1-12(19-14(7-9-21)11-22-3)15-10-18-20(13(15)2)16-6-4-5-8-17-16/h4-6,8,10,12,14,19,21H,7,9,11H2,1-3H3. The highest BCUT2D eigenvalue weighted by atomic mass is 32.2. The van der Waals surface area contributed by atoms with Crippen LogP contribution in [0.25, 0.3) is 5.82 Å². The Morgan fingerprint density at radius 2 is 2.23 bits per heavy atom. The number of thioether (sulfide) groups is 1. The highest BCUT2D eigenvalue weighted by molar-refractivity contribution is 7.98. The van der Waals surface area contributed by atoms with Gasteiger partial charge in [-0.05, 0) is 38.7 Å². The third kappa shape index (κ3) is 4.09. The maximum absolute atomic E-state index is 9.18. The highest BCUT2D eigenvalue weighted by Gasteiger charge is 2.17. The van der Waals surface area contributed by atoms with Crippen LogP contribution in [0.3, 0.4) is 0 Å². The summed E-state index contributed by atoms with van der Waals surface area (Å²) in [6.45, 7) is 4.40. The van der Waals surface area contributed by atoms with Crippen molar-refractivity contribution < 1.29 is 5.11 Å². The molecule has 2 atom stereocenters. The third-order valence-electron chi connectivity index (χ3n) is 3.71. The van der Waals surface area contributed by atoms with E-state index in [2.05, 4.69) is 35.5 Å². The maximum atomic E-state index is 9.18. The topological polar surface area (TPSA) is 63.0 Å². The largest absolute Gasteiger partial charge is 0.396 e. The van der Waals surface area contributed by atoms with Gasteiger partial charge in [0.1, 0.15) is 0 Å². The van der Waals surface area contributed by atoms with Gasteiger partial charge in [-0.25, -0.2) is 9.67 Å². The zero-order chi connectivity index (χ0) is 15.9. The number of aromatic nitrogens is 3. The number of aliphatic hydroxyl groups excluding tert-OH is 1. The molecular formula is C16H24N4OS. The van der Waals surface area contributed by atoms with E-state index in [4.69, 9.17) is 0 Å². The van der Waals surface area contributed by atoms with E-state index in [1.54, 1.807) is 18.0 Å². The minimum atomic E-state index is 0.182. The smallest absolute Gasteiger partial charge is 0.153 e. The quantitative estimate of drug-likeness (QED) is 0.782. The molecular weight excluding hydrogens is 296 g/mol. The van der Waals surface area contributed by atoms with Crippen molar-refractivity contribution >= 4 is 11.8 Å². The van der Waals surface area contributed by atoms with Crippen LogP contribution in [0.15, 0.2) is 30.6 Å². The van der Waals surface area contributed by atoms with Gasteiger partial charge in [0, 0.05) is 41.9 Å². The van der Waals surface area contributed by atoms with Crippen LogP contribution < -0.4 is 5.32 Å². The molecule has 22 heavy (non-hydrogen) atoms. The third-order valence-corrected chi connectivity index (χ3v) is 4.45. The summed E-state index contributed by atoms with van der Waals surface area (Å²) in [5.41, 5.74) is 2.25. The summed E-state index contributed by atoms with van der Waals surface area (Å²) in [5, 5.41) is 17.2. The molecule has 0 fully saturated rings. The predicted octanol–water partition coefficient (Wildman–Crippen LogP) is 2.34. The summed E-state index contributed by atoms with van der Waals surface area (Å²) in [4.78, 5) is 4.35. The number of aliphatic hydroxyl groups is 1. The Bertz CT molecular complexity index is 567. The molecule has 0 aliphatic carbocycles. The van der Waals surface area contributed by atoms with Gasteiger partial charge in [0.05, 0.1) is 6.20 Å². The lowest BCUT2D eigenvalue weighted by Gasteiger charge is -2.22. The van der Waals surface area contributed by atoms with Gasteiger partial charge < -0.3 is 10.4 Å². The van der Waals surface area contributed by atoms with E-state index in [1.165, 1.54) is 0 Å². The molecule has 6 heteroatoms. The second-order valence-corrected chi connectivity index (χ2v) is 6.25. The fraction of sp³-hybridized carbons (Fsp3) is 0.500. The van der Waals surface area contributed by atoms with Crippen LogP contribution in [0.5, 0.6) is 0 Å². The molecule has 0 aliphatic heterocycles. The molecule has 0 saturated carbocycles. The molecule has 2 heterocycles. The second kappa shape index (κ2) is 8.31. The van der Waals surface area contributed by atoms with Gasteiger partial charge in [0.15, 0.2) is 5.82 Å². The van der Waals surface area contributed by atoms with Crippen molar-refractivity contribution in [2.45, 2.75) is 32.4 Å². The second-order valence-electron chi connectivity index (χ2n) is 5.34. The zero-order valence-electron chi connectivity index (χ0n) is 13.4. The Kier molecular flexibility index (Phi) is 6.42. The summed E-state index contributed by atoms with van der Waals surface area (Å²) in [6, 6.07) is 6.29. The average molecular weight is 320 g/mol. The van der Waals surface area contributed by atoms with Gasteiger partial charge in [-0.15, -0.1) is 0 Å². The lowest BCUT2D eigenvalue weighted by molar-refractivity contribution is 0.265. The van der Waals surface area contributed by atoms with E-state index in [-0.39, 0.29) is 12.6 Å². The van der Waals surface area contributed by atoms with E-state index in [1.807, 2.05) is 29.1 Å². The first-order valence-electron chi connectivity index (χ1n) is 7.49. The van der Waals surface area contributed by atoms with Crippen molar-refractivity contribution in [1.29, 1.82) is 0 Å².